The molecule has 2 aliphatic rings. The summed E-state index contributed by atoms with van der Waals surface area (Å²) in [5.41, 5.74) is 0.0535. The molecule has 0 aliphatic carbocycles. The first-order valence-electron chi connectivity index (χ1n) is 9.26. The van der Waals surface area contributed by atoms with Crippen LogP contribution in [0.2, 0.25) is 0 Å². The molecule has 1 atom stereocenters. The first kappa shape index (κ1) is 16.6. The second-order valence-corrected chi connectivity index (χ2v) is 7.08. The van der Waals surface area contributed by atoms with Gasteiger partial charge < -0.3 is 13.9 Å². The molecule has 25 heavy (non-hydrogen) atoms. The van der Waals surface area contributed by atoms with E-state index in [2.05, 4.69) is 16.0 Å². The van der Waals surface area contributed by atoms with Gasteiger partial charge >= 0.3 is 0 Å². The minimum Gasteiger partial charge on any atom is -0.492 e. The first-order chi connectivity index (χ1) is 12.3. The zero-order chi connectivity index (χ0) is 17.0. The van der Waals surface area contributed by atoms with Crippen molar-refractivity contribution in [1.29, 1.82) is 0 Å². The van der Waals surface area contributed by atoms with E-state index in [1.165, 1.54) is 0 Å². The maximum absolute atomic E-state index is 6.26. The summed E-state index contributed by atoms with van der Waals surface area (Å²) in [4.78, 5) is 6.56. The van der Waals surface area contributed by atoms with Gasteiger partial charge in [-0.3, -0.25) is 9.88 Å². The Bertz CT molecular complexity index is 636. The molecule has 4 rings (SSSR count). The van der Waals surface area contributed by atoms with Crippen molar-refractivity contribution in [2.45, 2.75) is 37.8 Å². The number of hydrogen-bond donors (Lipinski definition) is 0. The zero-order valence-corrected chi connectivity index (χ0v) is 14.6. The van der Waals surface area contributed by atoms with Crippen LogP contribution in [0.1, 0.15) is 31.4 Å². The maximum atomic E-state index is 6.26. The Labute approximate surface area is 148 Å². The molecule has 0 aromatic carbocycles. The van der Waals surface area contributed by atoms with Gasteiger partial charge in [0.15, 0.2) is 0 Å². The highest BCUT2D eigenvalue weighted by Crippen LogP contribution is 2.42. The van der Waals surface area contributed by atoms with Gasteiger partial charge in [0, 0.05) is 25.9 Å². The largest absolute Gasteiger partial charge is 0.492 e. The predicted octanol–water partition coefficient (Wildman–Crippen LogP) is 3.51. The fourth-order valence-electron chi connectivity index (χ4n) is 4.21. The van der Waals surface area contributed by atoms with Crippen molar-refractivity contribution in [2.75, 3.05) is 26.3 Å². The van der Waals surface area contributed by atoms with Crippen molar-refractivity contribution >= 4 is 0 Å². The van der Waals surface area contributed by atoms with Gasteiger partial charge in [0.25, 0.3) is 0 Å². The molecular weight excluding hydrogens is 316 g/mol. The van der Waals surface area contributed by atoms with Gasteiger partial charge in [-0.25, -0.2) is 0 Å². The number of rotatable bonds is 6. The number of likely N-dealkylation sites (tertiary alicyclic amines) is 1. The zero-order valence-electron chi connectivity index (χ0n) is 14.6. The number of pyridine rings is 1. The van der Waals surface area contributed by atoms with Crippen molar-refractivity contribution in [3.63, 3.8) is 0 Å². The standard InChI is InChI=1S/C20H26N2O3/c1-3-18(15-21-9-1)24-13-5-17-6-14-25-20(17)7-10-22(11-8-20)16-19-4-2-12-23-19/h1-4,9,12,15,17H,5-8,10-11,13-14,16H2/t17-/m0/s1. The molecule has 0 unspecified atom stereocenters. The van der Waals surface area contributed by atoms with Gasteiger partial charge in [0.05, 0.1) is 31.2 Å². The minimum atomic E-state index is 0.0535. The summed E-state index contributed by atoms with van der Waals surface area (Å²) in [7, 11) is 0. The van der Waals surface area contributed by atoms with Gasteiger partial charge in [0.1, 0.15) is 11.5 Å². The molecule has 134 valence electrons. The number of aromatic nitrogens is 1. The van der Waals surface area contributed by atoms with Crippen LogP contribution in [0.25, 0.3) is 0 Å². The Morgan fingerprint density at radius 3 is 2.92 bits per heavy atom. The number of piperidine rings is 1. The minimum absolute atomic E-state index is 0.0535. The lowest BCUT2D eigenvalue weighted by atomic mass is 9.78. The normalized spacial score (nSPS) is 23.1. The highest BCUT2D eigenvalue weighted by molar-refractivity contribution is 5.15. The molecule has 0 N–H and O–H groups in total. The molecule has 1 spiro atoms. The summed E-state index contributed by atoms with van der Waals surface area (Å²) in [6.45, 7) is 4.66. The first-order valence-corrected chi connectivity index (χ1v) is 9.26. The lowest BCUT2D eigenvalue weighted by Gasteiger charge is -2.42. The van der Waals surface area contributed by atoms with Crippen molar-refractivity contribution in [1.82, 2.24) is 9.88 Å². The van der Waals surface area contributed by atoms with Crippen molar-refractivity contribution < 1.29 is 13.9 Å². The van der Waals surface area contributed by atoms with Crippen LogP contribution in [0.3, 0.4) is 0 Å². The van der Waals surface area contributed by atoms with Crippen molar-refractivity contribution in [2.24, 2.45) is 5.92 Å². The molecule has 2 fully saturated rings. The van der Waals surface area contributed by atoms with Gasteiger partial charge in [0.2, 0.25) is 0 Å². The van der Waals surface area contributed by atoms with Crippen LogP contribution in [-0.2, 0) is 11.3 Å². The van der Waals surface area contributed by atoms with Crippen molar-refractivity contribution in [3.8, 4) is 5.75 Å². The SMILES string of the molecule is c1cncc(OCC[C@H]2CCOC23CCN(Cc2ccco2)CC3)c1. The fourth-order valence-corrected chi connectivity index (χ4v) is 4.21. The quantitative estimate of drug-likeness (QED) is 0.804. The molecule has 2 saturated heterocycles. The van der Waals surface area contributed by atoms with Crippen LogP contribution >= 0.6 is 0 Å². The summed E-state index contributed by atoms with van der Waals surface area (Å²) in [6, 6.07) is 7.87. The molecule has 5 heteroatoms. The third-order valence-electron chi connectivity index (χ3n) is 5.63. The van der Waals surface area contributed by atoms with E-state index in [1.807, 2.05) is 18.2 Å². The molecule has 0 radical (unpaired) electrons. The predicted molar refractivity (Wildman–Crippen MR) is 94.4 cm³/mol. The van der Waals surface area contributed by atoms with E-state index in [9.17, 15) is 0 Å². The smallest absolute Gasteiger partial charge is 0.137 e. The number of hydrogen-bond acceptors (Lipinski definition) is 5. The topological polar surface area (TPSA) is 47.7 Å². The second-order valence-electron chi connectivity index (χ2n) is 7.08. The van der Waals surface area contributed by atoms with E-state index >= 15 is 0 Å². The maximum Gasteiger partial charge on any atom is 0.137 e. The van der Waals surface area contributed by atoms with Crippen LogP contribution in [-0.4, -0.2) is 41.8 Å². The van der Waals surface area contributed by atoms with E-state index in [-0.39, 0.29) is 5.60 Å². The Kier molecular flexibility index (Phi) is 5.04. The summed E-state index contributed by atoms with van der Waals surface area (Å²) < 4.78 is 17.6. The second kappa shape index (κ2) is 7.58. The van der Waals surface area contributed by atoms with Gasteiger partial charge in [-0.15, -0.1) is 0 Å². The summed E-state index contributed by atoms with van der Waals surface area (Å²) >= 11 is 0. The summed E-state index contributed by atoms with van der Waals surface area (Å²) in [5.74, 6) is 2.49. The van der Waals surface area contributed by atoms with Gasteiger partial charge in [-0.1, -0.05) is 0 Å². The summed E-state index contributed by atoms with van der Waals surface area (Å²) in [5, 5.41) is 0. The Morgan fingerprint density at radius 2 is 2.16 bits per heavy atom. The van der Waals surface area contributed by atoms with E-state index in [4.69, 9.17) is 13.9 Å². The molecule has 2 aliphatic heterocycles. The lowest BCUT2D eigenvalue weighted by molar-refractivity contribution is -0.0715. The lowest BCUT2D eigenvalue weighted by Crippen LogP contribution is -2.47. The Balaban J connectivity index is 1.27. The number of ether oxygens (including phenoxy) is 2. The molecule has 0 saturated carbocycles. The number of nitrogens with zero attached hydrogens (tertiary/aromatic N) is 2. The fraction of sp³-hybridized carbons (Fsp3) is 0.550. The molecular formula is C20H26N2O3. The van der Waals surface area contributed by atoms with E-state index in [1.54, 1.807) is 18.7 Å². The molecule has 0 bridgehead atoms. The Hall–Kier alpha value is -1.85. The van der Waals surface area contributed by atoms with Crippen LogP contribution in [0, 0.1) is 5.92 Å². The number of furan rings is 1. The highest BCUT2D eigenvalue weighted by Gasteiger charge is 2.45. The van der Waals surface area contributed by atoms with Gasteiger partial charge in [-0.05, 0) is 55.9 Å². The summed E-state index contributed by atoms with van der Waals surface area (Å²) in [6.07, 6.45) is 9.69. The molecule has 2 aromatic rings. The van der Waals surface area contributed by atoms with E-state index < -0.39 is 0 Å². The Morgan fingerprint density at radius 1 is 1.24 bits per heavy atom. The van der Waals surface area contributed by atoms with Crippen LogP contribution in [0.5, 0.6) is 5.75 Å². The third kappa shape index (κ3) is 3.88. The average molecular weight is 342 g/mol. The van der Waals surface area contributed by atoms with Crippen LogP contribution < -0.4 is 4.74 Å². The van der Waals surface area contributed by atoms with Crippen LogP contribution in [0.4, 0.5) is 0 Å². The molecule has 5 nitrogen and oxygen atoms in total. The third-order valence-corrected chi connectivity index (χ3v) is 5.63. The van der Waals surface area contributed by atoms with Crippen LogP contribution in [0.15, 0.2) is 47.3 Å². The van der Waals surface area contributed by atoms with E-state index in [0.717, 1.165) is 70.0 Å². The molecule has 2 aromatic heterocycles. The van der Waals surface area contributed by atoms with Crippen molar-refractivity contribution in [3.05, 3.63) is 48.7 Å². The highest BCUT2D eigenvalue weighted by atomic mass is 16.5. The molecule has 0 amide bonds. The monoisotopic (exact) mass is 342 g/mol. The molecule has 4 heterocycles. The van der Waals surface area contributed by atoms with Gasteiger partial charge in [-0.2, -0.15) is 0 Å². The average Bonchev–Trinajstić information content (AvgIpc) is 3.29. The van der Waals surface area contributed by atoms with E-state index in [0.29, 0.717) is 5.92 Å².